The normalized spacial score (nSPS) is 13.2. The Balaban J connectivity index is 1.53. The Morgan fingerprint density at radius 1 is 1.24 bits per heavy atom. The van der Waals surface area contributed by atoms with E-state index in [4.69, 9.17) is 21.1 Å². The Labute approximate surface area is 225 Å². The number of benzene rings is 2. The number of hydrogen-bond acceptors (Lipinski definition) is 8. The predicted molar refractivity (Wildman–Crippen MR) is 144 cm³/mol. The van der Waals surface area contributed by atoms with Crippen LogP contribution in [0.2, 0.25) is 5.02 Å². The summed E-state index contributed by atoms with van der Waals surface area (Å²) in [4.78, 5) is 34.8. The maximum Gasteiger partial charge on any atom is 0.320 e. The van der Waals surface area contributed by atoms with Crippen molar-refractivity contribution in [3.63, 3.8) is 0 Å². The SMILES string of the molecule is CCOC(=O)CN(C)CC=CC(=O)Nc1cc2c(Nc3ccc(F)c(Cl)c3)ncnc2cc1OCC1CC1. The van der Waals surface area contributed by atoms with Crippen molar-refractivity contribution in [3.05, 3.63) is 59.7 Å². The van der Waals surface area contributed by atoms with Crippen LogP contribution in [0.15, 0.2) is 48.8 Å². The zero-order valence-corrected chi connectivity index (χ0v) is 21.9. The standard InChI is InChI=1S/C27H29ClFN5O4/c1-3-37-26(36)14-34(2)10-4-5-25(35)33-23-12-19-22(13-24(23)38-15-17-6-7-17)30-16-31-27(19)32-18-8-9-21(29)20(28)11-18/h4-5,8-9,11-13,16-17H,3,6-7,10,14-15H2,1-2H3,(H,33,35)(H,30,31,32). The van der Waals surface area contributed by atoms with Crippen LogP contribution in [-0.4, -0.2) is 60.1 Å². The molecule has 9 nitrogen and oxygen atoms in total. The van der Waals surface area contributed by atoms with E-state index in [1.807, 2.05) is 0 Å². The van der Waals surface area contributed by atoms with Crippen molar-refractivity contribution in [1.82, 2.24) is 14.9 Å². The summed E-state index contributed by atoms with van der Waals surface area (Å²) in [5.41, 5.74) is 1.62. The fourth-order valence-corrected chi connectivity index (χ4v) is 3.79. The van der Waals surface area contributed by atoms with E-state index in [2.05, 4.69) is 20.6 Å². The summed E-state index contributed by atoms with van der Waals surface area (Å²) in [6.45, 7) is 3.13. The second-order valence-electron chi connectivity index (χ2n) is 8.99. The summed E-state index contributed by atoms with van der Waals surface area (Å²) >= 11 is 5.92. The smallest absolute Gasteiger partial charge is 0.320 e. The molecule has 0 unspecified atom stereocenters. The van der Waals surface area contributed by atoms with Gasteiger partial charge in [-0.2, -0.15) is 0 Å². The number of nitrogens with zero attached hydrogens (tertiary/aromatic N) is 3. The van der Waals surface area contributed by atoms with Crippen molar-refractivity contribution in [2.75, 3.05) is 44.0 Å². The van der Waals surface area contributed by atoms with Crippen molar-refractivity contribution in [2.24, 2.45) is 5.92 Å². The third-order valence-corrected chi connectivity index (χ3v) is 6.03. The fraction of sp³-hybridized carbons (Fsp3) is 0.333. The van der Waals surface area contributed by atoms with E-state index in [9.17, 15) is 14.0 Å². The minimum Gasteiger partial charge on any atom is -0.491 e. The summed E-state index contributed by atoms with van der Waals surface area (Å²) in [5.74, 6) is 0.262. The van der Waals surface area contributed by atoms with Crippen LogP contribution in [-0.2, 0) is 14.3 Å². The first-order valence-electron chi connectivity index (χ1n) is 12.3. The number of halogens is 2. The van der Waals surface area contributed by atoms with Gasteiger partial charge in [-0.1, -0.05) is 17.7 Å². The van der Waals surface area contributed by atoms with Gasteiger partial charge < -0.3 is 20.1 Å². The van der Waals surface area contributed by atoms with Crippen molar-refractivity contribution in [3.8, 4) is 5.75 Å². The lowest BCUT2D eigenvalue weighted by Gasteiger charge is -2.15. The van der Waals surface area contributed by atoms with Gasteiger partial charge in [0.2, 0.25) is 5.91 Å². The Morgan fingerprint density at radius 2 is 2.05 bits per heavy atom. The number of esters is 1. The zero-order chi connectivity index (χ0) is 27.1. The molecule has 4 rings (SSSR count). The minimum absolute atomic E-state index is 0.0169. The third kappa shape index (κ3) is 7.62. The highest BCUT2D eigenvalue weighted by Gasteiger charge is 2.23. The average molecular weight is 542 g/mol. The number of ether oxygens (including phenoxy) is 2. The molecule has 1 aromatic heterocycles. The molecule has 2 N–H and O–H groups in total. The summed E-state index contributed by atoms with van der Waals surface area (Å²) in [7, 11) is 1.76. The van der Waals surface area contributed by atoms with Crippen molar-refractivity contribution < 1.29 is 23.5 Å². The van der Waals surface area contributed by atoms with Crippen molar-refractivity contribution in [2.45, 2.75) is 19.8 Å². The Bertz CT molecular complexity index is 1350. The molecule has 0 radical (unpaired) electrons. The van der Waals surface area contributed by atoms with Gasteiger partial charge in [0.1, 0.15) is 23.7 Å². The van der Waals surface area contributed by atoms with E-state index in [1.165, 1.54) is 24.5 Å². The van der Waals surface area contributed by atoms with E-state index < -0.39 is 5.82 Å². The third-order valence-electron chi connectivity index (χ3n) is 5.74. The molecule has 0 spiro atoms. The number of likely N-dealkylation sites (N-methyl/N-ethyl adjacent to an activating group) is 1. The van der Waals surface area contributed by atoms with Gasteiger partial charge >= 0.3 is 5.97 Å². The molecular formula is C27H29ClFN5O4. The first kappa shape index (κ1) is 27.3. The molecular weight excluding hydrogens is 513 g/mol. The van der Waals surface area contributed by atoms with Crippen LogP contribution in [0.3, 0.4) is 0 Å². The largest absolute Gasteiger partial charge is 0.491 e. The van der Waals surface area contributed by atoms with E-state index in [1.54, 1.807) is 43.1 Å². The molecule has 1 fully saturated rings. The van der Waals surface area contributed by atoms with Gasteiger partial charge in [0, 0.05) is 29.8 Å². The van der Waals surface area contributed by atoms with Gasteiger partial charge in [-0.3, -0.25) is 14.5 Å². The van der Waals surface area contributed by atoms with Gasteiger partial charge in [0.25, 0.3) is 0 Å². The molecule has 0 saturated heterocycles. The van der Waals surface area contributed by atoms with Crippen LogP contribution in [0.5, 0.6) is 5.75 Å². The average Bonchev–Trinajstić information content (AvgIpc) is 3.70. The number of rotatable bonds is 12. The summed E-state index contributed by atoms with van der Waals surface area (Å²) in [6, 6.07) is 7.78. The molecule has 0 aliphatic heterocycles. The molecule has 38 heavy (non-hydrogen) atoms. The quantitative estimate of drug-likeness (QED) is 0.245. The maximum atomic E-state index is 13.6. The van der Waals surface area contributed by atoms with E-state index >= 15 is 0 Å². The van der Waals surface area contributed by atoms with Crippen LogP contribution in [0, 0.1) is 11.7 Å². The van der Waals surface area contributed by atoms with Gasteiger partial charge in [0.15, 0.2) is 0 Å². The number of carbonyl (C=O) groups is 2. The Hall–Kier alpha value is -3.76. The summed E-state index contributed by atoms with van der Waals surface area (Å²) in [5, 5.41) is 6.62. The number of anilines is 3. The number of hydrogen-bond donors (Lipinski definition) is 2. The van der Waals surface area contributed by atoms with Crippen LogP contribution in [0.25, 0.3) is 10.9 Å². The van der Waals surface area contributed by atoms with Gasteiger partial charge in [-0.25, -0.2) is 14.4 Å². The highest BCUT2D eigenvalue weighted by Crippen LogP contribution is 2.36. The number of amides is 1. The monoisotopic (exact) mass is 541 g/mol. The first-order chi connectivity index (χ1) is 18.3. The van der Waals surface area contributed by atoms with Gasteiger partial charge in [-0.15, -0.1) is 0 Å². The lowest BCUT2D eigenvalue weighted by molar-refractivity contribution is -0.143. The molecule has 11 heteroatoms. The van der Waals surface area contributed by atoms with Crippen LogP contribution in [0.1, 0.15) is 19.8 Å². The highest BCUT2D eigenvalue weighted by molar-refractivity contribution is 6.31. The molecule has 1 saturated carbocycles. The zero-order valence-electron chi connectivity index (χ0n) is 21.2. The topological polar surface area (TPSA) is 106 Å². The molecule has 2 aromatic carbocycles. The second-order valence-corrected chi connectivity index (χ2v) is 9.40. The highest BCUT2D eigenvalue weighted by atomic mass is 35.5. The van der Waals surface area contributed by atoms with Crippen molar-refractivity contribution >= 4 is 51.6 Å². The molecule has 0 bridgehead atoms. The van der Waals surface area contributed by atoms with Crippen molar-refractivity contribution in [1.29, 1.82) is 0 Å². The maximum absolute atomic E-state index is 13.6. The number of aromatic nitrogens is 2. The van der Waals surface area contributed by atoms with E-state index in [0.717, 1.165) is 12.8 Å². The number of fused-ring (bicyclic) bond motifs is 1. The molecule has 200 valence electrons. The Morgan fingerprint density at radius 3 is 2.79 bits per heavy atom. The number of nitrogens with one attached hydrogen (secondary N) is 2. The van der Waals surface area contributed by atoms with E-state index in [-0.39, 0.29) is 23.4 Å². The first-order valence-corrected chi connectivity index (χ1v) is 12.7. The minimum atomic E-state index is -0.521. The molecule has 1 aliphatic carbocycles. The fourth-order valence-electron chi connectivity index (χ4n) is 3.61. The summed E-state index contributed by atoms with van der Waals surface area (Å²) < 4.78 is 24.6. The van der Waals surface area contributed by atoms with Crippen LogP contribution >= 0.6 is 11.6 Å². The van der Waals surface area contributed by atoms with Crippen LogP contribution < -0.4 is 15.4 Å². The van der Waals surface area contributed by atoms with Crippen LogP contribution in [0.4, 0.5) is 21.6 Å². The molecule has 1 heterocycles. The lowest BCUT2D eigenvalue weighted by atomic mass is 10.1. The predicted octanol–water partition coefficient (Wildman–Crippen LogP) is 4.94. The lowest BCUT2D eigenvalue weighted by Crippen LogP contribution is -2.27. The molecule has 1 amide bonds. The molecule has 1 aliphatic rings. The van der Waals surface area contributed by atoms with E-state index in [0.29, 0.717) is 59.5 Å². The molecule has 0 atom stereocenters. The van der Waals surface area contributed by atoms with Gasteiger partial charge in [0.05, 0.1) is 36.0 Å². The second kappa shape index (κ2) is 12.7. The Kier molecular flexibility index (Phi) is 9.09. The number of carbonyl (C=O) groups excluding carboxylic acids is 2. The molecule has 3 aromatic rings. The summed E-state index contributed by atoms with van der Waals surface area (Å²) in [6.07, 6.45) is 6.71. The van der Waals surface area contributed by atoms with Gasteiger partial charge in [-0.05, 0) is 57.0 Å².